The topological polar surface area (TPSA) is 80.0 Å². The molecular formula is C19H23ClN4O2. The Labute approximate surface area is 157 Å². The molecule has 0 saturated heterocycles. The fourth-order valence-electron chi connectivity index (χ4n) is 3.78. The monoisotopic (exact) mass is 374 g/mol. The van der Waals surface area contributed by atoms with Crippen LogP contribution >= 0.6 is 11.6 Å². The highest BCUT2D eigenvalue weighted by Gasteiger charge is 2.50. The second-order valence-corrected chi connectivity index (χ2v) is 8.73. The van der Waals surface area contributed by atoms with Gasteiger partial charge in [-0.25, -0.2) is 9.67 Å². The lowest BCUT2D eigenvalue weighted by Crippen LogP contribution is -2.46. The van der Waals surface area contributed by atoms with Crippen molar-refractivity contribution in [3.05, 3.63) is 40.4 Å². The van der Waals surface area contributed by atoms with E-state index in [4.69, 9.17) is 11.6 Å². The van der Waals surface area contributed by atoms with Crippen molar-refractivity contribution in [2.24, 2.45) is 11.3 Å². The summed E-state index contributed by atoms with van der Waals surface area (Å²) < 4.78 is 1.85. The Balaban J connectivity index is 1.71. The summed E-state index contributed by atoms with van der Waals surface area (Å²) in [5.41, 5.74) is 3.20. The quantitative estimate of drug-likeness (QED) is 0.806. The van der Waals surface area contributed by atoms with Crippen LogP contribution < -0.4 is 5.32 Å². The average Bonchev–Trinajstić information content (AvgIpc) is 3.07. The number of hydrogen-bond donors (Lipinski definition) is 2. The number of rotatable bonds is 4. The van der Waals surface area contributed by atoms with Crippen LogP contribution in [0.15, 0.2) is 18.3 Å². The van der Waals surface area contributed by atoms with Gasteiger partial charge in [-0.05, 0) is 30.2 Å². The first-order valence-electron chi connectivity index (χ1n) is 8.95. The summed E-state index contributed by atoms with van der Waals surface area (Å²) >= 11 is 6.04. The summed E-state index contributed by atoms with van der Waals surface area (Å²) in [6.07, 6.45) is 3.69. The molecule has 2 heterocycles. The van der Waals surface area contributed by atoms with Crippen LogP contribution in [0.25, 0.3) is 5.69 Å². The van der Waals surface area contributed by atoms with Crippen LogP contribution in [-0.4, -0.2) is 38.4 Å². The van der Waals surface area contributed by atoms with Crippen molar-refractivity contribution in [3.63, 3.8) is 0 Å². The highest BCUT2D eigenvalue weighted by atomic mass is 35.5. The van der Waals surface area contributed by atoms with Gasteiger partial charge in [-0.1, -0.05) is 32.4 Å². The van der Waals surface area contributed by atoms with E-state index in [2.05, 4.69) is 15.4 Å². The van der Waals surface area contributed by atoms with E-state index in [0.717, 1.165) is 29.8 Å². The molecule has 2 aromatic heterocycles. The van der Waals surface area contributed by atoms with Crippen molar-refractivity contribution < 1.29 is 9.90 Å². The van der Waals surface area contributed by atoms with Crippen molar-refractivity contribution in [1.29, 1.82) is 0 Å². The minimum absolute atomic E-state index is 0.108. The fourth-order valence-corrected chi connectivity index (χ4v) is 3.95. The maximum atomic E-state index is 12.9. The number of halogens is 1. The van der Waals surface area contributed by atoms with Gasteiger partial charge in [-0.3, -0.25) is 4.79 Å². The van der Waals surface area contributed by atoms with Crippen molar-refractivity contribution in [1.82, 2.24) is 20.1 Å². The number of nitrogens with one attached hydrogen (secondary N) is 1. The fraction of sp³-hybridized carbons (Fsp3) is 0.526. The maximum absolute atomic E-state index is 12.9. The summed E-state index contributed by atoms with van der Waals surface area (Å²) in [7, 11) is 0. The number of nitrogens with zero attached hydrogens (tertiary/aromatic N) is 3. The molecule has 0 aliphatic heterocycles. The molecule has 2 aliphatic carbocycles. The summed E-state index contributed by atoms with van der Waals surface area (Å²) in [5, 5.41) is 17.6. The van der Waals surface area contributed by atoms with E-state index in [1.165, 1.54) is 0 Å². The highest BCUT2D eigenvalue weighted by molar-refractivity contribution is 6.29. The number of carbonyl (C=O) groups excluding carboxylic acids is 1. The molecule has 0 radical (unpaired) electrons. The van der Waals surface area contributed by atoms with Gasteiger partial charge < -0.3 is 10.4 Å². The average molecular weight is 375 g/mol. The first kappa shape index (κ1) is 17.5. The van der Waals surface area contributed by atoms with Crippen LogP contribution in [0, 0.1) is 11.3 Å². The number of fused-ring (bicyclic) bond motifs is 3. The van der Waals surface area contributed by atoms with Crippen molar-refractivity contribution in [3.8, 4) is 5.69 Å². The molecule has 0 spiro atoms. The smallest absolute Gasteiger partial charge is 0.272 e. The minimum atomic E-state index is -0.331. The Bertz CT molecular complexity index is 871. The highest BCUT2D eigenvalue weighted by Crippen LogP contribution is 2.57. The summed E-state index contributed by atoms with van der Waals surface area (Å²) in [6.45, 7) is 5.87. The van der Waals surface area contributed by atoms with E-state index in [1.807, 2.05) is 31.5 Å². The number of hydrogen-bond acceptors (Lipinski definition) is 4. The molecule has 6 nitrogen and oxygen atoms in total. The zero-order chi connectivity index (χ0) is 18.6. The van der Waals surface area contributed by atoms with E-state index in [1.54, 1.807) is 12.3 Å². The van der Waals surface area contributed by atoms with Gasteiger partial charge in [0.2, 0.25) is 0 Å². The van der Waals surface area contributed by atoms with Gasteiger partial charge in [0.15, 0.2) is 5.69 Å². The second kappa shape index (κ2) is 6.06. The molecule has 1 amide bonds. The molecule has 26 heavy (non-hydrogen) atoms. The molecule has 2 aromatic rings. The molecule has 0 unspecified atom stereocenters. The van der Waals surface area contributed by atoms with E-state index < -0.39 is 0 Å². The van der Waals surface area contributed by atoms with Gasteiger partial charge in [0, 0.05) is 23.7 Å². The molecule has 7 heteroatoms. The van der Waals surface area contributed by atoms with Crippen molar-refractivity contribution in [2.75, 3.05) is 6.61 Å². The number of pyridine rings is 1. The maximum Gasteiger partial charge on any atom is 0.272 e. The SMILES string of the molecule is CC(C)(C)[C@@H](CO)NC(=O)c1nn(-c2ccnc(Cl)c2)c2c1C[C@H]1C[C@@H]21. The second-order valence-electron chi connectivity index (χ2n) is 8.34. The van der Waals surface area contributed by atoms with Crippen molar-refractivity contribution in [2.45, 2.75) is 45.6 Å². The Kier molecular flexibility index (Phi) is 4.08. The minimum Gasteiger partial charge on any atom is -0.394 e. The number of aliphatic hydroxyl groups excluding tert-OH is 1. The van der Waals surface area contributed by atoms with Crippen LogP contribution in [0.4, 0.5) is 0 Å². The van der Waals surface area contributed by atoms with Crippen LogP contribution in [0.1, 0.15) is 54.9 Å². The summed E-state index contributed by atoms with van der Waals surface area (Å²) in [6, 6.07) is 3.28. The Morgan fingerprint density at radius 1 is 1.50 bits per heavy atom. The van der Waals surface area contributed by atoms with E-state index in [9.17, 15) is 9.90 Å². The predicted molar refractivity (Wildman–Crippen MR) is 98.7 cm³/mol. The predicted octanol–water partition coefficient (Wildman–Crippen LogP) is 2.72. The lowest BCUT2D eigenvalue weighted by molar-refractivity contribution is 0.0841. The number of aromatic nitrogens is 3. The molecule has 0 bridgehead atoms. The zero-order valence-corrected chi connectivity index (χ0v) is 15.9. The van der Waals surface area contributed by atoms with Crippen LogP contribution in [-0.2, 0) is 6.42 Å². The lowest BCUT2D eigenvalue weighted by Gasteiger charge is -2.29. The zero-order valence-electron chi connectivity index (χ0n) is 15.2. The third kappa shape index (κ3) is 2.91. The van der Waals surface area contributed by atoms with Gasteiger partial charge in [0.1, 0.15) is 5.15 Å². The summed E-state index contributed by atoms with van der Waals surface area (Å²) in [4.78, 5) is 16.9. The van der Waals surface area contributed by atoms with E-state index in [0.29, 0.717) is 22.7 Å². The molecule has 1 saturated carbocycles. The van der Waals surface area contributed by atoms with Gasteiger partial charge in [-0.15, -0.1) is 0 Å². The Morgan fingerprint density at radius 2 is 2.27 bits per heavy atom. The largest absolute Gasteiger partial charge is 0.394 e. The molecule has 1 fully saturated rings. The standard InChI is InChI=1S/C19H23ClN4O2/c1-19(2,3)14(9-25)22-18(26)16-13-7-10-6-12(10)17(13)24(23-16)11-4-5-21-15(20)8-11/h4-5,8,10,12,14,25H,6-7,9H2,1-3H3,(H,22,26)/t10-,12-,14-/m1/s1. The normalized spacial score (nSPS) is 21.9. The van der Waals surface area contributed by atoms with Crippen molar-refractivity contribution >= 4 is 17.5 Å². The van der Waals surface area contributed by atoms with Gasteiger partial charge >= 0.3 is 0 Å². The number of aliphatic hydroxyl groups is 1. The molecule has 0 aromatic carbocycles. The number of carbonyl (C=O) groups is 1. The lowest BCUT2D eigenvalue weighted by atomic mass is 9.87. The molecule has 2 N–H and O–H groups in total. The van der Waals surface area contributed by atoms with Crippen LogP contribution in [0.2, 0.25) is 5.15 Å². The van der Waals surface area contributed by atoms with Crippen LogP contribution in [0.3, 0.4) is 0 Å². The van der Waals surface area contributed by atoms with E-state index in [-0.39, 0.29) is 24.0 Å². The first-order chi connectivity index (χ1) is 12.3. The summed E-state index contributed by atoms with van der Waals surface area (Å²) in [5.74, 6) is 0.868. The molecule has 4 rings (SSSR count). The first-order valence-corrected chi connectivity index (χ1v) is 9.33. The number of amides is 1. The van der Waals surface area contributed by atoms with Gasteiger partial charge in [0.25, 0.3) is 5.91 Å². The third-order valence-electron chi connectivity index (χ3n) is 5.47. The van der Waals surface area contributed by atoms with Gasteiger partial charge in [0.05, 0.1) is 24.0 Å². The Morgan fingerprint density at radius 3 is 2.92 bits per heavy atom. The van der Waals surface area contributed by atoms with E-state index >= 15 is 0 Å². The molecular weight excluding hydrogens is 352 g/mol. The molecule has 2 aliphatic rings. The third-order valence-corrected chi connectivity index (χ3v) is 5.67. The molecule has 138 valence electrons. The van der Waals surface area contributed by atoms with Gasteiger partial charge in [-0.2, -0.15) is 5.10 Å². The molecule has 3 atom stereocenters. The van der Waals surface area contributed by atoms with Crippen LogP contribution in [0.5, 0.6) is 0 Å². The Hall–Kier alpha value is -1.92.